The smallest absolute Gasteiger partial charge is 0.241 e. The van der Waals surface area contributed by atoms with Crippen molar-refractivity contribution in [3.63, 3.8) is 0 Å². The van der Waals surface area contributed by atoms with Crippen LogP contribution >= 0.6 is 0 Å². The molecular weight excluding hydrogens is 332 g/mol. The van der Waals surface area contributed by atoms with Gasteiger partial charge in [0.05, 0.1) is 5.69 Å². The van der Waals surface area contributed by atoms with Gasteiger partial charge in [0.2, 0.25) is 11.8 Å². The van der Waals surface area contributed by atoms with Gasteiger partial charge in [0.25, 0.3) is 0 Å². The van der Waals surface area contributed by atoms with Gasteiger partial charge in [0, 0.05) is 30.6 Å². The summed E-state index contributed by atoms with van der Waals surface area (Å²) in [5.74, 6) is 0.848. The van der Waals surface area contributed by atoms with Gasteiger partial charge in [0.15, 0.2) is 5.82 Å². The third kappa shape index (κ3) is 4.15. The van der Waals surface area contributed by atoms with Crippen LogP contribution in [0.4, 0.5) is 0 Å². The number of aryl methyl sites for hydroxylation is 2. The van der Waals surface area contributed by atoms with Crippen molar-refractivity contribution in [3.8, 4) is 0 Å². The van der Waals surface area contributed by atoms with E-state index in [0.717, 1.165) is 22.5 Å². The molecular formula is C18H22N6O2. The molecule has 0 fully saturated rings. The van der Waals surface area contributed by atoms with E-state index in [4.69, 9.17) is 10.3 Å². The van der Waals surface area contributed by atoms with Crippen molar-refractivity contribution < 1.29 is 9.32 Å². The Morgan fingerprint density at radius 1 is 1.31 bits per heavy atom. The monoisotopic (exact) mass is 354 g/mol. The molecule has 0 bridgehead atoms. The molecule has 4 N–H and O–H groups in total. The summed E-state index contributed by atoms with van der Waals surface area (Å²) in [5, 5.41) is 13.7. The average molecular weight is 354 g/mol. The lowest BCUT2D eigenvalue weighted by atomic mass is 10.1. The number of benzene rings is 1. The third-order valence-corrected chi connectivity index (χ3v) is 4.13. The van der Waals surface area contributed by atoms with Crippen LogP contribution < -0.4 is 11.1 Å². The Kier molecular flexibility index (Phi) is 5.43. The van der Waals surface area contributed by atoms with Crippen molar-refractivity contribution >= 4 is 5.91 Å². The van der Waals surface area contributed by atoms with Crippen molar-refractivity contribution in [2.75, 3.05) is 6.54 Å². The Balaban J connectivity index is 1.50. The summed E-state index contributed by atoms with van der Waals surface area (Å²) in [6.07, 6.45) is 1.06. The number of nitrogens with zero attached hydrogens (tertiary/aromatic N) is 3. The SMILES string of the molecule is Cc1n[nH]c(C)c1C(N)C(=O)NCCc1nc(Cc2ccccc2)no1. The topological polar surface area (TPSA) is 123 Å². The van der Waals surface area contributed by atoms with Gasteiger partial charge in [-0.2, -0.15) is 10.1 Å². The normalized spacial score (nSPS) is 12.1. The van der Waals surface area contributed by atoms with Crippen LogP contribution in [0.15, 0.2) is 34.9 Å². The summed E-state index contributed by atoms with van der Waals surface area (Å²) >= 11 is 0. The third-order valence-electron chi connectivity index (χ3n) is 4.13. The maximum absolute atomic E-state index is 12.2. The quantitative estimate of drug-likeness (QED) is 0.589. The van der Waals surface area contributed by atoms with E-state index in [0.29, 0.717) is 31.1 Å². The lowest BCUT2D eigenvalue weighted by Crippen LogP contribution is -2.35. The first-order valence-corrected chi connectivity index (χ1v) is 8.44. The number of hydrogen-bond donors (Lipinski definition) is 3. The van der Waals surface area contributed by atoms with Crippen LogP contribution in [0.1, 0.15) is 40.3 Å². The molecule has 0 saturated carbocycles. The molecule has 8 nitrogen and oxygen atoms in total. The molecule has 2 heterocycles. The van der Waals surface area contributed by atoms with E-state index < -0.39 is 6.04 Å². The molecule has 0 aliphatic heterocycles. The molecule has 1 amide bonds. The Bertz CT molecular complexity index is 851. The van der Waals surface area contributed by atoms with Crippen molar-refractivity contribution in [1.82, 2.24) is 25.7 Å². The lowest BCUT2D eigenvalue weighted by molar-refractivity contribution is -0.122. The maximum atomic E-state index is 12.2. The number of H-pyrrole nitrogens is 1. The van der Waals surface area contributed by atoms with E-state index in [1.165, 1.54) is 0 Å². The number of carbonyl (C=O) groups excluding carboxylic acids is 1. The van der Waals surface area contributed by atoms with Gasteiger partial charge in [-0.15, -0.1) is 0 Å². The predicted octanol–water partition coefficient (Wildman–Crippen LogP) is 1.36. The van der Waals surface area contributed by atoms with Crippen molar-refractivity contribution in [3.05, 3.63) is 64.6 Å². The van der Waals surface area contributed by atoms with Gasteiger partial charge >= 0.3 is 0 Å². The highest BCUT2D eigenvalue weighted by Gasteiger charge is 2.21. The Labute approximate surface area is 151 Å². The number of nitrogens with two attached hydrogens (primary N) is 1. The summed E-state index contributed by atoms with van der Waals surface area (Å²) in [5.41, 5.74) is 9.40. The first-order chi connectivity index (χ1) is 12.5. The highest BCUT2D eigenvalue weighted by atomic mass is 16.5. The van der Waals surface area contributed by atoms with Crippen LogP contribution in [0.2, 0.25) is 0 Å². The van der Waals surface area contributed by atoms with E-state index >= 15 is 0 Å². The first-order valence-electron chi connectivity index (χ1n) is 8.44. The molecule has 3 aromatic rings. The number of amides is 1. The van der Waals surface area contributed by atoms with E-state index in [9.17, 15) is 4.79 Å². The van der Waals surface area contributed by atoms with E-state index in [1.807, 2.05) is 44.2 Å². The first kappa shape index (κ1) is 17.8. The Morgan fingerprint density at radius 3 is 2.77 bits per heavy atom. The molecule has 1 atom stereocenters. The number of carbonyl (C=O) groups is 1. The molecule has 26 heavy (non-hydrogen) atoms. The zero-order chi connectivity index (χ0) is 18.5. The number of hydrogen-bond acceptors (Lipinski definition) is 6. The number of nitrogens with one attached hydrogen (secondary N) is 2. The fourth-order valence-electron chi connectivity index (χ4n) is 2.79. The molecule has 0 aliphatic rings. The lowest BCUT2D eigenvalue weighted by Gasteiger charge is -2.12. The number of aromatic amines is 1. The molecule has 8 heteroatoms. The molecule has 136 valence electrons. The fraction of sp³-hybridized carbons (Fsp3) is 0.333. The molecule has 1 aromatic carbocycles. The van der Waals surface area contributed by atoms with Crippen LogP contribution in [0.3, 0.4) is 0 Å². The second-order valence-electron chi connectivity index (χ2n) is 6.13. The fourth-order valence-corrected chi connectivity index (χ4v) is 2.79. The van der Waals surface area contributed by atoms with Crippen molar-refractivity contribution in [1.29, 1.82) is 0 Å². The molecule has 1 unspecified atom stereocenters. The Hall–Kier alpha value is -3.00. The molecule has 0 saturated heterocycles. The predicted molar refractivity (Wildman–Crippen MR) is 95.2 cm³/mol. The minimum atomic E-state index is -0.759. The summed E-state index contributed by atoms with van der Waals surface area (Å²) in [6.45, 7) is 4.03. The van der Waals surface area contributed by atoms with Crippen LogP contribution in [0.25, 0.3) is 0 Å². The number of rotatable bonds is 7. The summed E-state index contributed by atoms with van der Waals surface area (Å²) < 4.78 is 5.23. The second-order valence-corrected chi connectivity index (χ2v) is 6.13. The van der Waals surface area contributed by atoms with Crippen molar-refractivity contribution in [2.24, 2.45) is 5.73 Å². The van der Waals surface area contributed by atoms with Crippen molar-refractivity contribution in [2.45, 2.75) is 32.7 Å². The van der Waals surface area contributed by atoms with Crippen LogP contribution in [0, 0.1) is 13.8 Å². The van der Waals surface area contributed by atoms with E-state index in [1.54, 1.807) is 0 Å². The van der Waals surface area contributed by atoms with E-state index in [2.05, 4.69) is 25.7 Å². The molecule has 0 spiro atoms. The summed E-state index contributed by atoms with van der Waals surface area (Å²) in [6, 6.07) is 9.17. The zero-order valence-corrected chi connectivity index (χ0v) is 14.8. The van der Waals surface area contributed by atoms with Gasteiger partial charge in [-0.3, -0.25) is 9.89 Å². The Morgan fingerprint density at radius 2 is 2.08 bits per heavy atom. The average Bonchev–Trinajstić information content (AvgIpc) is 3.21. The van der Waals surface area contributed by atoms with Crippen LogP contribution in [0.5, 0.6) is 0 Å². The summed E-state index contributed by atoms with van der Waals surface area (Å²) in [7, 11) is 0. The molecule has 0 aliphatic carbocycles. The highest BCUT2D eigenvalue weighted by Crippen LogP contribution is 2.17. The van der Waals surface area contributed by atoms with Gasteiger partial charge in [-0.05, 0) is 19.4 Å². The zero-order valence-electron chi connectivity index (χ0n) is 14.8. The highest BCUT2D eigenvalue weighted by molar-refractivity contribution is 5.83. The van der Waals surface area contributed by atoms with E-state index in [-0.39, 0.29) is 5.91 Å². The van der Waals surface area contributed by atoms with Gasteiger partial charge in [-0.25, -0.2) is 0 Å². The van der Waals surface area contributed by atoms with Gasteiger partial charge < -0.3 is 15.6 Å². The molecule has 2 aromatic heterocycles. The molecule has 0 radical (unpaired) electrons. The van der Waals surface area contributed by atoms with Gasteiger partial charge in [0.1, 0.15) is 6.04 Å². The second kappa shape index (κ2) is 7.92. The van der Waals surface area contributed by atoms with Gasteiger partial charge in [-0.1, -0.05) is 35.5 Å². The largest absolute Gasteiger partial charge is 0.354 e. The maximum Gasteiger partial charge on any atom is 0.241 e. The standard InChI is InChI=1S/C18H22N6O2/c1-11-16(12(2)23-22-11)17(19)18(25)20-9-8-15-21-14(24-26-15)10-13-6-4-3-5-7-13/h3-7,17H,8-10,19H2,1-2H3,(H,20,25)(H,22,23). The summed E-state index contributed by atoms with van der Waals surface area (Å²) in [4.78, 5) is 16.6. The van der Waals surface area contributed by atoms with Crippen LogP contribution in [-0.2, 0) is 17.6 Å². The number of aromatic nitrogens is 4. The molecule has 3 rings (SSSR count). The van der Waals surface area contributed by atoms with Crippen LogP contribution in [-0.4, -0.2) is 32.8 Å². The minimum absolute atomic E-state index is 0.262. The minimum Gasteiger partial charge on any atom is -0.354 e.